The van der Waals surface area contributed by atoms with Crippen molar-refractivity contribution in [3.8, 4) is 0 Å². The van der Waals surface area contributed by atoms with Crippen molar-refractivity contribution in [2.24, 2.45) is 0 Å². The van der Waals surface area contributed by atoms with Crippen LogP contribution in [0.25, 0.3) is 0 Å². The van der Waals surface area contributed by atoms with Crippen LogP contribution in [0.3, 0.4) is 0 Å². The first-order chi connectivity index (χ1) is 12.9. The van der Waals surface area contributed by atoms with Crippen LogP contribution in [0.5, 0.6) is 0 Å². The molecule has 0 aliphatic rings. The summed E-state index contributed by atoms with van der Waals surface area (Å²) in [6.07, 6.45) is 0. The third-order valence-corrected chi connectivity index (χ3v) is 4.16. The zero-order chi connectivity index (χ0) is 22.0. The van der Waals surface area contributed by atoms with E-state index < -0.39 is 16.5 Å². The number of carbonyl (C=O) groups excluding carboxylic acids is 3. The van der Waals surface area contributed by atoms with Gasteiger partial charge >= 0.3 is 16.5 Å². The van der Waals surface area contributed by atoms with E-state index in [4.69, 9.17) is 16.7 Å². The molecule has 0 bridgehead atoms. The van der Waals surface area contributed by atoms with E-state index in [0.717, 1.165) is 22.3 Å². The molecular weight excluding hydrogens is 427 g/mol. The summed E-state index contributed by atoms with van der Waals surface area (Å²) in [5.74, 6) is -0.847. The largest absolute Gasteiger partial charge is 0.478 e. The Balaban J connectivity index is 0.000000411. The Labute approximate surface area is 178 Å². The van der Waals surface area contributed by atoms with E-state index in [9.17, 15) is 19.2 Å². The number of rotatable bonds is 3. The molecule has 0 spiro atoms. The van der Waals surface area contributed by atoms with Gasteiger partial charge in [-0.3, -0.25) is 14.4 Å². The highest BCUT2D eigenvalue weighted by Crippen LogP contribution is 2.15. The number of aryl methyl sites for hydroxylation is 4. The minimum absolute atomic E-state index is 0.374. The van der Waals surface area contributed by atoms with Crippen LogP contribution in [0.4, 0.5) is 0 Å². The van der Waals surface area contributed by atoms with Crippen LogP contribution in [0.2, 0.25) is 0 Å². The van der Waals surface area contributed by atoms with Crippen molar-refractivity contribution in [1.82, 2.24) is 0 Å². The van der Waals surface area contributed by atoms with Gasteiger partial charge in [0.15, 0.2) is 0 Å². The molecule has 2 aromatic rings. The lowest BCUT2D eigenvalue weighted by atomic mass is 10.0. The normalized spacial score (nSPS) is 9.25. The highest BCUT2D eigenvalue weighted by Gasteiger charge is 2.08. The number of carbonyl (C=O) groups is 4. The first-order valence-corrected chi connectivity index (χ1v) is 8.98. The number of aromatic carboxylic acids is 1. The number of halogens is 3. The molecule has 0 aliphatic carbocycles. The second-order valence-electron chi connectivity index (χ2n) is 5.66. The molecule has 0 amide bonds. The maximum absolute atomic E-state index is 10.9. The predicted octanol–water partition coefficient (Wildman–Crippen LogP) is 5.20. The molecule has 2 rings (SSSR count). The minimum atomic E-state index is -1.14. The van der Waals surface area contributed by atoms with Gasteiger partial charge in [0.05, 0.1) is 5.56 Å². The van der Waals surface area contributed by atoms with Gasteiger partial charge in [-0.05, 0) is 84.8 Å². The summed E-state index contributed by atoms with van der Waals surface area (Å²) in [7, 11) is 0. The molecule has 1 N–H and O–H groups in total. The maximum Gasteiger partial charge on any atom is 0.336 e. The van der Waals surface area contributed by atoms with Crippen molar-refractivity contribution in [1.29, 1.82) is 0 Å². The molecule has 0 saturated carbocycles. The van der Waals surface area contributed by atoms with Crippen LogP contribution in [-0.2, 0) is 9.59 Å². The standard InChI is InChI=1S/C9H9ClO.C9H10O2.C2Cl2O2/c2*1-6-4-3-5-7(2)8(6)9(10)11;3-1(5)2(4)6/h3-5H,1-2H3;3-5H,1-2H3,(H,10,11);. The Morgan fingerprint density at radius 3 is 1.07 bits per heavy atom. The van der Waals surface area contributed by atoms with E-state index in [1.807, 2.05) is 38.1 Å². The van der Waals surface area contributed by atoms with Crippen LogP contribution in [0.1, 0.15) is 43.0 Å². The monoisotopic (exact) mass is 444 g/mol. The van der Waals surface area contributed by atoms with Crippen molar-refractivity contribution >= 4 is 56.5 Å². The fourth-order valence-electron chi connectivity index (χ4n) is 2.28. The average Bonchev–Trinajstić information content (AvgIpc) is 2.55. The third kappa shape index (κ3) is 8.65. The first kappa shape index (κ1) is 25.8. The minimum Gasteiger partial charge on any atom is -0.478 e. The van der Waals surface area contributed by atoms with Gasteiger partial charge in [-0.2, -0.15) is 0 Å². The number of carboxylic acid groups (broad SMARTS) is 1. The molecule has 0 unspecified atom stereocenters. The fraction of sp³-hybridized carbons (Fsp3) is 0.200. The van der Waals surface area contributed by atoms with E-state index in [0.29, 0.717) is 11.1 Å². The number of hydrogen-bond donors (Lipinski definition) is 1. The van der Waals surface area contributed by atoms with Crippen molar-refractivity contribution in [3.63, 3.8) is 0 Å². The highest BCUT2D eigenvalue weighted by atomic mass is 35.5. The van der Waals surface area contributed by atoms with Crippen LogP contribution in [0.15, 0.2) is 36.4 Å². The molecule has 0 radical (unpaired) electrons. The van der Waals surface area contributed by atoms with E-state index in [2.05, 4.69) is 23.2 Å². The predicted molar refractivity (Wildman–Crippen MR) is 111 cm³/mol. The molecule has 2 aromatic carbocycles. The van der Waals surface area contributed by atoms with Gasteiger partial charge < -0.3 is 5.11 Å². The second kappa shape index (κ2) is 12.3. The molecule has 5 nitrogen and oxygen atoms in total. The summed E-state index contributed by atoms with van der Waals surface area (Å²) in [5.41, 5.74) is 4.56. The molecule has 150 valence electrons. The maximum atomic E-state index is 10.9. The van der Waals surface area contributed by atoms with E-state index in [1.165, 1.54) is 0 Å². The molecule has 0 atom stereocenters. The molecule has 0 saturated heterocycles. The summed E-state index contributed by atoms with van der Waals surface area (Å²) in [5, 5.41) is 6.09. The van der Waals surface area contributed by atoms with E-state index in [-0.39, 0.29) is 5.24 Å². The van der Waals surface area contributed by atoms with E-state index >= 15 is 0 Å². The Morgan fingerprint density at radius 2 is 0.929 bits per heavy atom. The van der Waals surface area contributed by atoms with Gasteiger partial charge in [-0.15, -0.1) is 0 Å². The smallest absolute Gasteiger partial charge is 0.336 e. The van der Waals surface area contributed by atoms with E-state index in [1.54, 1.807) is 26.0 Å². The van der Waals surface area contributed by atoms with Crippen LogP contribution in [0, 0.1) is 27.7 Å². The summed E-state index contributed by atoms with van der Waals surface area (Å²) < 4.78 is 0. The molecule has 0 aromatic heterocycles. The molecular formula is C20H19Cl3O5. The van der Waals surface area contributed by atoms with Crippen molar-refractivity contribution in [2.45, 2.75) is 27.7 Å². The number of carboxylic acids is 1. The molecule has 0 heterocycles. The number of benzene rings is 2. The quantitative estimate of drug-likeness (QED) is 0.518. The molecule has 8 heteroatoms. The van der Waals surface area contributed by atoms with Gasteiger partial charge in [0.25, 0.3) is 5.24 Å². The summed E-state index contributed by atoms with van der Waals surface area (Å²) >= 11 is 14.4. The Bertz CT molecular complexity index is 777. The highest BCUT2D eigenvalue weighted by molar-refractivity contribution is 6.97. The van der Waals surface area contributed by atoms with Crippen LogP contribution in [-0.4, -0.2) is 26.8 Å². The van der Waals surface area contributed by atoms with Crippen molar-refractivity contribution in [3.05, 3.63) is 69.8 Å². The fourth-order valence-corrected chi connectivity index (χ4v) is 2.57. The molecule has 0 aliphatic heterocycles. The lowest BCUT2D eigenvalue weighted by Crippen LogP contribution is -2.01. The second-order valence-corrected chi connectivity index (χ2v) is 6.69. The van der Waals surface area contributed by atoms with Gasteiger partial charge in [0, 0.05) is 5.56 Å². The van der Waals surface area contributed by atoms with Crippen LogP contribution >= 0.6 is 34.8 Å². The van der Waals surface area contributed by atoms with Crippen LogP contribution < -0.4 is 0 Å². The Kier molecular flexibility index (Phi) is 11.3. The summed E-state index contributed by atoms with van der Waals surface area (Å²) in [6, 6.07) is 11.1. The molecule has 0 fully saturated rings. The number of hydrogen-bond acceptors (Lipinski definition) is 4. The van der Waals surface area contributed by atoms with Gasteiger partial charge in [0.1, 0.15) is 0 Å². The molecule has 28 heavy (non-hydrogen) atoms. The van der Waals surface area contributed by atoms with Gasteiger partial charge in [-0.1, -0.05) is 36.4 Å². The Hall–Kier alpha value is -2.21. The SMILES string of the molecule is Cc1cccc(C)c1C(=O)Cl.Cc1cccc(C)c1C(=O)O.O=C(Cl)C(=O)Cl. The lowest BCUT2D eigenvalue weighted by Gasteiger charge is -2.02. The van der Waals surface area contributed by atoms with Crippen molar-refractivity contribution in [2.75, 3.05) is 0 Å². The Morgan fingerprint density at radius 1 is 0.643 bits per heavy atom. The first-order valence-electron chi connectivity index (χ1n) is 7.85. The average molecular weight is 446 g/mol. The zero-order valence-corrected chi connectivity index (χ0v) is 17.9. The van der Waals surface area contributed by atoms with Gasteiger partial charge in [-0.25, -0.2) is 4.79 Å². The summed E-state index contributed by atoms with van der Waals surface area (Å²) in [6.45, 7) is 7.36. The third-order valence-electron chi connectivity index (χ3n) is 3.53. The summed E-state index contributed by atoms with van der Waals surface area (Å²) in [4.78, 5) is 40.3. The zero-order valence-electron chi connectivity index (χ0n) is 15.7. The lowest BCUT2D eigenvalue weighted by molar-refractivity contribution is -0.127. The van der Waals surface area contributed by atoms with Gasteiger partial charge in [0.2, 0.25) is 0 Å². The topological polar surface area (TPSA) is 88.5 Å². The van der Waals surface area contributed by atoms with Crippen molar-refractivity contribution < 1.29 is 24.3 Å².